The van der Waals surface area contributed by atoms with Gasteiger partial charge in [-0.2, -0.15) is 0 Å². The molecule has 2 atom stereocenters. The maximum atomic E-state index is 13.8. The SMILES string of the molecule is COc1cc2c(cc1OC)[C@H]1[C@H](C(=O)NCCc3cccc(C)c3)c3ccccc3C(=O)N1CC2. The van der Waals surface area contributed by atoms with E-state index < -0.39 is 12.0 Å². The first-order valence-electron chi connectivity index (χ1n) is 12.0. The zero-order valence-corrected chi connectivity index (χ0v) is 20.3. The van der Waals surface area contributed by atoms with Gasteiger partial charge in [-0.15, -0.1) is 0 Å². The molecule has 0 unspecified atom stereocenters. The molecule has 0 saturated carbocycles. The van der Waals surface area contributed by atoms with Gasteiger partial charge < -0.3 is 19.7 Å². The molecule has 3 aromatic rings. The first-order chi connectivity index (χ1) is 17.0. The van der Waals surface area contributed by atoms with Gasteiger partial charge in [0.25, 0.3) is 5.91 Å². The van der Waals surface area contributed by atoms with Crippen LogP contribution in [-0.2, 0) is 17.6 Å². The fraction of sp³-hybridized carbons (Fsp3) is 0.310. The maximum Gasteiger partial charge on any atom is 0.254 e. The number of amides is 2. The second kappa shape index (κ2) is 9.45. The Morgan fingerprint density at radius 3 is 2.54 bits per heavy atom. The van der Waals surface area contributed by atoms with E-state index in [9.17, 15) is 9.59 Å². The standard InChI is InChI=1S/C29H30N2O4/c1-18-7-6-8-19(15-18)11-13-30-28(32)26-21-9-4-5-10-22(21)29(33)31-14-12-20-16-24(34-2)25(35-3)17-23(20)27(26)31/h4-10,15-17,26-27H,11-14H2,1-3H3,(H,30,32)/t26-,27+/m1/s1. The molecule has 2 amide bonds. The number of fused-ring (bicyclic) bond motifs is 4. The number of rotatable bonds is 6. The average molecular weight is 471 g/mol. The monoisotopic (exact) mass is 470 g/mol. The number of ether oxygens (including phenoxy) is 2. The number of hydrogen-bond donors (Lipinski definition) is 1. The Bertz CT molecular complexity index is 1290. The van der Waals surface area contributed by atoms with E-state index in [0.29, 0.717) is 36.6 Å². The van der Waals surface area contributed by atoms with Gasteiger partial charge in [-0.05, 0) is 60.2 Å². The first-order valence-corrected chi connectivity index (χ1v) is 12.0. The zero-order valence-electron chi connectivity index (χ0n) is 20.3. The van der Waals surface area contributed by atoms with Crippen LogP contribution < -0.4 is 14.8 Å². The predicted octanol–water partition coefficient (Wildman–Crippen LogP) is 4.21. The van der Waals surface area contributed by atoms with E-state index in [2.05, 4.69) is 30.4 Å². The largest absolute Gasteiger partial charge is 0.493 e. The van der Waals surface area contributed by atoms with E-state index in [0.717, 1.165) is 23.1 Å². The van der Waals surface area contributed by atoms with Crippen molar-refractivity contribution in [2.75, 3.05) is 27.3 Å². The minimum atomic E-state index is -0.515. The number of methoxy groups -OCH3 is 2. The van der Waals surface area contributed by atoms with Crippen LogP contribution in [0.15, 0.2) is 60.7 Å². The number of nitrogens with one attached hydrogen (secondary N) is 1. The van der Waals surface area contributed by atoms with Crippen LogP contribution in [0.5, 0.6) is 11.5 Å². The van der Waals surface area contributed by atoms with Gasteiger partial charge in [-0.1, -0.05) is 48.0 Å². The number of carbonyl (C=O) groups excluding carboxylic acids is 2. The van der Waals surface area contributed by atoms with Crippen LogP contribution in [0.4, 0.5) is 0 Å². The van der Waals surface area contributed by atoms with Crippen LogP contribution in [0.25, 0.3) is 0 Å². The minimum Gasteiger partial charge on any atom is -0.493 e. The van der Waals surface area contributed by atoms with Crippen molar-refractivity contribution < 1.29 is 19.1 Å². The van der Waals surface area contributed by atoms with Gasteiger partial charge in [0.1, 0.15) is 0 Å². The van der Waals surface area contributed by atoms with Gasteiger partial charge in [0.2, 0.25) is 5.91 Å². The average Bonchev–Trinajstić information content (AvgIpc) is 2.88. The van der Waals surface area contributed by atoms with Crippen molar-refractivity contribution in [2.45, 2.75) is 31.7 Å². The highest BCUT2D eigenvalue weighted by Gasteiger charge is 2.46. The molecule has 2 aliphatic heterocycles. The summed E-state index contributed by atoms with van der Waals surface area (Å²) in [7, 11) is 3.21. The third-order valence-electron chi connectivity index (χ3n) is 7.10. The van der Waals surface area contributed by atoms with Gasteiger partial charge in [-0.25, -0.2) is 0 Å². The van der Waals surface area contributed by atoms with Crippen molar-refractivity contribution in [3.8, 4) is 11.5 Å². The molecule has 3 aromatic carbocycles. The smallest absolute Gasteiger partial charge is 0.254 e. The Balaban J connectivity index is 1.51. The lowest BCUT2D eigenvalue weighted by atomic mass is 9.75. The van der Waals surface area contributed by atoms with Crippen LogP contribution >= 0.6 is 0 Å². The molecule has 6 nitrogen and oxygen atoms in total. The van der Waals surface area contributed by atoms with Gasteiger partial charge in [0.05, 0.1) is 26.2 Å². The summed E-state index contributed by atoms with van der Waals surface area (Å²) in [6.45, 7) is 3.14. The molecule has 180 valence electrons. The molecular weight excluding hydrogens is 440 g/mol. The zero-order chi connectivity index (χ0) is 24.5. The van der Waals surface area contributed by atoms with Gasteiger partial charge in [0.15, 0.2) is 11.5 Å². The summed E-state index contributed by atoms with van der Waals surface area (Å²) in [6, 6.07) is 19.3. The Labute approximate surface area is 205 Å². The minimum absolute atomic E-state index is 0.0326. The number of nitrogens with zero attached hydrogens (tertiary/aromatic N) is 1. The molecule has 2 aliphatic rings. The third kappa shape index (κ3) is 4.14. The molecular formula is C29H30N2O4. The third-order valence-corrected chi connectivity index (χ3v) is 7.10. The molecule has 0 aliphatic carbocycles. The van der Waals surface area contributed by atoms with Crippen molar-refractivity contribution in [3.05, 3.63) is 94.0 Å². The molecule has 1 N–H and O–H groups in total. The molecule has 6 heteroatoms. The second-order valence-electron chi connectivity index (χ2n) is 9.19. The molecule has 2 heterocycles. The van der Waals surface area contributed by atoms with Crippen LogP contribution in [0.2, 0.25) is 0 Å². The topological polar surface area (TPSA) is 67.9 Å². The van der Waals surface area contributed by atoms with Crippen LogP contribution in [0, 0.1) is 6.92 Å². The normalized spacial score (nSPS) is 18.3. The lowest BCUT2D eigenvalue weighted by Gasteiger charge is -2.45. The van der Waals surface area contributed by atoms with Crippen molar-refractivity contribution in [2.24, 2.45) is 0 Å². The maximum absolute atomic E-state index is 13.8. The van der Waals surface area contributed by atoms with E-state index in [-0.39, 0.29) is 11.8 Å². The molecule has 0 saturated heterocycles. The highest BCUT2D eigenvalue weighted by Crippen LogP contribution is 2.48. The Morgan fingerprint density at radius 2 is 1.77 bits per heavy atom. The van der Waals surface area contributed by atoms with E-state index in [4.69, 9.17) is 9.47 Å². The van der Waals surface area contributed by atoms with Crippen molar-refractivity contribution in [1.29, 1.82) is 0 Å². The summed E-state index contributed by atoms with van der Waals surface area (Å²) in [5, 5.41) is 3.16. The highest BCUT2D eigenvalue weighted by atomic mass is 16.5. The summed E-state index contributed by atoms with van der Waals surface area (Å²) in [5.74, 6) is 0.628. The number of hydrogen-bond acceptors (Lipinski definition) is 4. The Morgan fingerprint density at radius 1 is 1.00 bits per heavy atom. The number of carbonyl (C=O) groups is 2. The number of benzene rings is 3. The van der Waals surface area contributed by atoms with E-state index in [1.807, 2.05) is 47.4 Å². The van der Waals surface area contributed by atoms with Crippen molar-refractivity contribution in [3.63, 3.8) is 0 Å². The summed E-state index contributed by atoms with van der Waals surface area (Å²) in [6.07, 6.45) is 1.44. The first kappa shape index (κ1) is 23.0. The fourth-order valence-electron chi connectivity index (χ4n) is 5.44. The van der Waals surface area contributed by atoms with Crippen molar-refractivity contribution in [1.82, 2.24) is 10.2 Å². The van der Waals surface area contributed by atoms with Gasteiger partial charge >= 0.3 is 0 Å². The predicted molar refractivity (Wildman–Crippen MR) is 134 cm³/mol. The highest BCUT2D eigenvalue weighted by molar-refractivity contribution is 6.01. The van der Waals surface area contributed by atoms with Crippen LogP contribution in [0.1, 0.15) is 50.1 Å². The van der Waals surface area contributed by atoms with E-state index in [1.165, 1.54) is 11.1 Å². The molecule has 0 radical (unpaired) electrons. The molecule has 0 bridgehead atoms. The second-order valence-corrected chi connectivity index (χ2v) is 9.19. The van der Waals surface area contributed by atoms with Crippen molar-refractivity contribution >= 4 is 11.8 Å². The molecule has 0 spiro atoms. The van der Waals surface area contributed by atoms with Gasteiger partial charge in [-0.3, -0.25) is 9.59 Å². The fourth-order valence-corrected chi connectivity index (χ4v) is 5.44. The summed E-state index contributed by atoms with van der Waals surface area (Å²) in [5.41, 5.74) is 5.78. The molecule has 35 heavy (non-hydrogen) atoms. The molecule has 0 aromatic heterocycles. The molecule has 5 rings (SSSR count). The summed E-state index contributed by atoms with van der Waals surface area (Å²) in [4.78, 5) is 29.1. The molecule has 0 fully saturated rings. The summed E-state index contributed by atoms with van der Waals surface area (Å²) >= 11 is 0. The van der Waals surface area contributed by atoms with Gasteiger partial charge in [0, 0.05) is 18.7 Å². The Hall–Kier alpha value is -3.80. The Kier molecular flexibility index (Phi) is 6.20. The lowest BCUT2D eigenvalue weighted by Crippen LogP contribution is -2.50. The van der Waals surface area contributed by atoms with Crippen LogP contribution in [-0.4, -0.2) is 44.0 Å². The van der Waals surface area contributed by atoms with Crippen LogP contribution in [0.3, 0.4) is 0 Å². The quantitative estimate of drug-likeness (QED) is 0.586. The van der Waals surface area contributed by atoms with E-state index >= 15 is 0 Å². The van der Waals surface area contributed by atoms with E-state index in [1.54, 1.807) is 14.2 Å². The summed E-state index contributed by atoms with van der Waals surface area (Å²) < 4.78 is 11.1. The number of aryl methyl sites for hydroxylation is 1. The lowest BCUT2D eigenvalue weighted by molar-refractivity contribution is -0.124.